The molecule has 1 unspecified atom stereocenters. The molecular formula is C27H24ClF3N10O3. The Bertz CT molecular complexity index is 1850. The van der Waals surface area contributed by atoms with Crippen molar-refractivity contribution in [3.63, 3.8) is 0 Å². The maximum Gasteiger partial charge on any atom is 0.435 e. The molecule has 4 aromatic heterocycles. The van der Waals surface area contributed by atoms with Crippen LogP contribution in [0, 0.1) is 6.92 Å². The fraction of sp³-hybridized carbons (Fsp3) is 0.259. The summed E-state index contributed by atoms with van der Waals surface area (Å²) in [7, 11) is 0. The third-order valence-electron chi connectivity index (χ3n) is 6.95. The zero-order valence-corrected chi connectivity index (χ0v) is 23.7. The number of imidazole rings is 1. The van der Waals surface area contributed by atoms with Gasteiger partial charge < -0.3 is 20.3 Å². The molecule has 1 aromatic carbocycles. The number of aromatic amines is 1. The van der Waals surface area contributed by atoms with Crippen molar-refractivity contribution >= 4 is 41.1 Å². The van der Waals surface area contributed by atoms with Crippen molar-refractivity contribution in [1.29, 1.82) is 0 Å². The van der Waals surface area contributed by atoms with Crippen LogP contribution < -0.4 is 10.6 Å². The van der Waals surface area contributed by atoms with Gasteiger partial charge in [-0.15, -0.1) is 0 Å². The fourth-order valence-corrected chi connectivity index (χ4v) is 5.24. The number of H-pyrrole nitrogens is 1. The summed E-state index contributed by atoms with van der Waals surface area (Å²) < 4.78 is 49.8. The van der Waals surface area contributed by atoms with Crippen LogP contribution >= 0.6 is 11.6 Å². The van der Waals surface area contributed by atoms with Crippen LogP contribution in [-0.4, -0.2) is 77.5 Å². The lowest BCUT2D eigenvalue weighted by Gasteiger charge is -2.34. The van der Waals surface area contributed by atoms with Crippen LogP contribution in [-0.2, 0) is 22.3 Å². The Balaban J connectivity index is 1.28. The minimum Gasteiger partial charge on any atom is -0.442 e. The van der Waals surface area contributed by atoms with Crippen LogP contribution in [0.4, 0.5) is 24.7 Å². The summed E-state index contributed by atoms with van der Waals surface area (Å²) in [5, 5.41) is 16.9. The number of ether oxygens (including phenoxy) is 1. The summed E-state index contributed by atoms with van der Waals surface area (Å²) >= 11 is 6.48. The first kappa shape index (κ1) is 29.1. The third kappa shape index (κ3) is 5.68. The van der Waals surface area contributed by atoms with Gasteiger partial charge in [0.15, 0.2) is 23.4 Å². The van der Waals surface area contributed by atoms with Gasteiger partial charge in [0.1, 0.15) is 0 Å². The van der Waals surface area contributed by atoms with Crippen LogP contribution in [0.15, 0.2) is 49.1 Å². The Morgan fingerprint density at radius 2 is 2.11 bits per heavy atom. The van der Waals surface area contributed by atoms with Gasteiger partial charge in [0, 0.05) is 43.1 Å². The molecule has 1 saturated heterocycles. The van der Waals surface area contributed by atoms with Crippen molar-refractivity contribution in [3.05, 3.63) is 76.7 Å². The Hall–Kier alpha value is -4.96. The number of hydrogen-bond donors (Lipinski definition) is 3. The summed E-state index contributed by atoms with van der Waals surface area (Å²) in [6.07, 6.45) is 0.0537. The second kappa shape index (κ2) is 11.6. The Labute approximate surface area is 252 Å². The van der Waals surface area contributed by atoms with E-state index in [2.05, 4.69) is 35.9 Å². The molecule has 1 amide bonds. The number of rotatable bonds is 8. The number of amides is 1. The van der Waals surface area contributed by atoms with E-state index in [1.807, 2.05) is 0 Å². The van der Waals surface area contributed by atoms with Crippen LogP contribution in [0.1, 0.15) is 27.4 Å². The highest BCUT2D eigenvalue weighted by atomic mass is 35.5. The van der Waals surface area contributed by atoms with Gasteiger partial charge in [-0.25, -0.2) is 9.97 Å². The summed E-state index contributed by atoms with van der Waals surface area (Å²) in [4.78, 5) is 34.1. The molecule has 1 atom stereocenters. The molecule has 1 aliphatic rings. The van der Waals surface area contributed by atoms with E-state index in [-0.39, 0.29) is 39.9 Å². The second-order valence-corrected chi connectivity index (χ2v) is 10.4. The number of halogens is 4. The third-order valence-corrected chi connectivity index (χ3v) is 7.26. The lowest BCUT2D eigenvalue weighted by molar-refractivity contribution is -0.142. The van der Waals surface area contributed by atoms with Gasteiger partial charge in [0.25, 0.3) is 12.4 Å². The van der Waals surface area contributed by atoms with E-state index in [0.29, 0.717) is 37.5 Å². The number of carbonyl (C=O) groups is 2. The molecule has 0 aliphatic carbocycles. The molecule has 1 fully saturated rings. The summed E-state index contributed by atoms with van der Waals surface area (Å²) in [6.45, 7) is 3.26. The maximum absolute atomic E-state index is 14.1. The second-order valence-electron chi connectivity index (χ2n) is 9.95. The van der Waals surface area contributed by atoms with Crippen LogP contribution in [0.3, 0.4) is 0 Å². The summed E-state index contributed by atoms with van der Waals surface area (Å²) in [5.74, 6) is -0.167. The van der Waals surface area contributed by atoms with E-state index in [4.69, 9.17) is 16.3 Å². The molecule has 0 radical (unpaired) electrons. The van der Waals surface area contributed by atoms with Crippen molar-refractivity contribution in [1.82, 2.24) is 44.6 Å². The first-order chi connectivity index (χ1) is 21.1. The summed E-state index contributed by atoms with van der Waals surface area (Å²) in [6, 6.07) is 6.37. The molecule has 0 saturated carbocycles. The Kier molecular flexibility index (Phi) is 7.69. The first-order valence-electron chi connectivity index (χ1n) is 13.3. The van der Waals surface area contributed by atoms with Gasteiger partial charge in [0.2, 0.25) is 0 Å². The Morgan fingerprint density at radius 3 is 2.84 bits per heavy atom. The minimum atomic E-state index is -4.72. The average Bonchev–Trinajstić information content (AvgIpc) is 3.72. The van der Waals surface area contributed by atoms with Gasteiger partial charge >= 0.3 is 6.18 Å². The molecule has 0 spiro atoms. The quantitative estimate of drug-likeness (QED) is 0.219. The molecule has 5 heterocycles. The molecule has 44 heavy (non-hydrogen) atoms. The number of nitrogens with zero attached hydrogens (tertiary/aromatic N) is 7. The predicted octanol–water partition coefficient (Wildman–Crippen LogP) is 3.63. The number of carbonyl (C=O) groups excluding carboxylic acids is 2. The van der Waals surface area contributed by atoms with Crippen molar-refractivity contribution < 1.29 is 27.5 Å². The number of alkyl halides is 3. The highest BCUT2D eigenvalue weighted by Crippen LogP contribution is 2.37. The van der Waals surface area contributed by atoms with Crippen molar-refractivity contribution in [2.24, 2.45) is 0 Å². The van der Waals surface area contributed by atoms with Crippen LogP contribution in [0.25, 0.3) is 16.9 Å². The number of hydrogen-bond acceptors (Lipinski definition) is 9. The number of benzene rings is 1. The molecular weight excluding hydrogens is 605 g/mol. The van der Waals surface area contributed by atoms with E-state index in [1.165, 1.54) is 50.9 Å². The number of aryl methyl sites for hydroxylation is 1. The van der Waals surface area contributed by atoms with Crippen LogP contribution in [0.5, 0.6) is 0 Å². The fourth-order valence-electron chi connectivity index (χ4n) is 4.98. The van der Waals surface area contributed by atoms with Crippen molar-refractivity contribution in [2.45, 2.75) is 25.9 Å². The highest BCUT2D eigenvalue weighted by molar-refractivity contribution is 6.34. The minimum absolute atomic E-state index is 0.0389. The monoisotopic (exact) mass is 628 g/mol. The van der Waals surface area contributed by atoms with Gasteiger partial charge in [-0.3, -0.25) is 23.8 Å². The lowest BCUT2D eigenvalue weighted by atomic mass is 10.1. The highest BCUT2D eigenvalue weighted by Gasteiger charge is 2.38. The lowest BCUT2D eigenvalue weighted by Crippen LogP contribution is -2.54. The van der Waals surface area contributed by atoms with E-state index >= 15 is 0 Å². The zero-order chi connectivity index (χ0) is 31.0. The average molecular weight is 629 g/mol. The SMILES string of the molecule is Cc1cc(Cn2cc(-c3cnc4c(Nc5ccc(C(=O)N6CCNCC6OC=O)c(Cl)c5)nccn34)c(C(F)(F)F)n2)n[nH]1. The molecule has 228 valence electrons. The molecule has 0 bridgehead atoms. The van der Waals surface area contributed by atoms with Gasteiger partial charge in [-0.2, -0.15) is 23.4 Å². The van der Waals surface area contributed by atoms with Gasteiger partial charge in [-0.1, -0.05) is 11.6 Å². The number of fused-ring (bicyclic) bond motifs is 1. The maximum atomic E-state index is 14.1. The molecule has 17 heteroatoms. The molecule has 6 rings (SSSR count). The van der Waals surface area contributed by atoms with E-state index in [0.717, 1.165) is 5.69 Å². The van der Waals surface area contributed by atoms with E-state index < -0.39 is 24.0 Å². The predicted molar refractivity (Wildman–Crippen MR) is 151 cm³/mol. The van der Waals surface area contributed by atoms with Crippen LogP contribution in [0.2, 0.25) is 5.02 Å². The van der Waals surface area contributed by atoms with Crippen molar-refractivity contribution in [3.8, 4) is 11.3 Å². The van der Waals surface area contributed by atoms with E-state index in [1.54, 1.807) is 19.1 Å². The smallest absolute Gasteiger partial charge is 0.435 e. The van der Waals surface area contributed by atoms with E-state index in [9.17, 15) is 22.8 Å². The zero-order valence-electron chi connectivity index (χ0n) is 23.0. The standard InChI is InChI=1S/C27H24ClF3N10O3/c1-15-8-17(37-36-15)12-39-13-19(23(38-39)27(29,30)31)21-10-34-25-24(33-5-7-40(21)25)35-16-2-3-18(20(28)9-16)26(43)41-6-4-32-11-22(41)44-14-42/h2-3,5,7-10,13-14,22,32H,4,6,11-12H2,1H3,(H,33,35)(H,36,37). The molecule has 1 aliphatic heterocycles. The van der Waals surface area contributed by atoms with Gasteiger partial charge in [-0.05, 0) is 31.2 Å². The number of nitrogens with one attached hydrogen (secondary N) is 3. The molecule has 13 nitrogen and oxygen atoms in total. The molecule has 3 N–H and O–H groups in total. The van der Waals surface area contributed by atoms with Crippen molar-refractivity contribution in [2.75, 3.05) is 25.0 Å². The largest absolute Gasteiger partial charge is 0.442 e. The topological polar surface area (TPSA) is 147 Å². The van der Waals surface area contributed by atoms with Gasteiger partial charge in [0.05, 0.1) is 46.8 Å². The number of anilines is 2. The Morgan fingerprint density at radius 1 is 1.27 bits per heavy atom. The first-order valence-corrected chi connectivity index (χ1v) is 13.7. The number of aromatic nitrogens is 7. The molecule has 5 aromatic rings. The normalized spacial score (nSPS) is 15.5. The summed E-state index contributed by atoms with van der Waals surface area (Å²) in [5.41, 5.74) is 1.15. The number of piperazine rings is 1.